The molecular weight excluding hydrogens is 405 g/mol. The lowest BCUT2D eigenvalue weighted by Gasteiger charge is -2.11. The number of imidazole rings is 1. The van der Waals surface area contributed by atoms with Crippen LogP contribution in [0, 0.1) is 3.57 Å². The second-order valence-corrected chi connectivity index (χ2v) is 6.52. The van der Waals surface area contributed by atoms with E-state index in [9.17, 15) is 9.90 Å². The standard InChI is InChI=1S/C17H16IN3O2/c1-11(22)17-20-14-7-2-3-8-15(14)21(17)10-16(23)19-13-6-4-5-12(18)9-13/h2-9,11,22H,10H2,1H3,(H,19,23). The highest BCUT2D eigenvalue weighted by atomic mass is 127. The third-order valence-corrected chi connectivity index (χ3v) is 4.14. The number of hydrogen-bond acceptors (Lipinski definition) is 3. The first-order chi connectivity index (χ1) is 11.0. The van der Waals surface area contributed by atoms with Gasteiger partial charge in [0, 0.05) is 9.26 Å². The number of fused-ring (bicyclic) bond motifs is 1. The molecule has 0 saturated carbocycles. The number of benzene rings is 2. The van der Waals surface area contributed by atoms with Gasteiger partial charge in [0.25, 0.3) is 0 Å². The Kier molecular flexibility index (Phi) is 4.63. The van der Waals surface area contributed by atoms with Crippen LogP contribution in [0.4, 0.5) is 5.69 Å². The van der Waals surface area contributed by atoms with Gasteiger partial charge >= 0.3 is 0 Å². The Bertz CT molecular complexity index is 858. The number of anilines is 1. The zero-order valence-electron chi connectivity index (χ0n) is 12.5. The van der Waals surface area contributed by atoms with Gasteiger partial charge in [-0.1, -0.05) is 18.2 Å². The van der Waals surface area contributed by atoms with Crippen LogP contribution in [0.2, 0.25) is 0 Å². The number of rotatable bonds is 4. The van der Waals surface area contributed by atoms with E-state index in [0.717, 1.165) is 20.3 Å². The Hall–Kier alpha value is -1.93. The molecule has 1 aromatic heterocycles. The fraction of sp³-hybridized carbons (Fsp3) is 0.176. The van der Waals surface area contributed by atoms with Crippen molar-refractivity contribution in [1.29, 1.82) is 0 Å². The molecule has 1 amide bonds. The Morgan fingerprint density at radius 3 is 2.83 bits per heavy atom. The number of aliphatic hydroxyl groups is 1. The van der Waals surface area contributed by atoms with Gasteiger partial charge in [0.2, 0.25) is 5.91 Å². The molecule has 0 aliphatic heterocycles. The molecule has 0 aliphatic carbocycles. The quantitative estimate of drug-likeness (QED) is 0.636. The average Bonchev–Trinajstić information content (AvgIpc) is 2.86. The highest BCUT2D eigenvalue weighted by Gasteiger charge is 2.16. The van der Waals surface area contributed by atoms with Crippen LogP contribution in [0.15, 0.2) is 48.5 Å². The van der Waals surface area contributed by atoms with Crippen LogP contribution in [0.25, 0.3) is 11.0 Å². The van der Waals surface area contributed by atoms with Gasteiger partial charge in [0.05, 0.1) is 11.0 Å². The Balaban J connectivity index is 1.88. The van der Waals surface area contributed by atoms with Crippen LogP contribution in [0.1, 0.15) is 18.9 Å². The first-order valence-corrected chi connectivity index (χ1v) is 8.31. The molecule has 0 bridgehead atoms. The molecule has 118 valence electrons. The summed E-state index contributed by atoms with van der Waals surface area (Å²) in [7, 11) is 0. The number of carbonyl (C=O) groups excluding carboxylic acids is 1. The normalized spacial score (nSPS) is 12.3. The molecule has 3 rings (SSSR count). The van der Waals surface area contributed by atoms with Crippen molar-refractivity contribution in [2.45, 2.75) is 19.6 Å². The van der Waals surface area contributed by atoms with Gasteiger partial charge in [-0.25, -0.2) is 4.98 Å². The number of aromatic nitrogens is 2. The zero-order chi connectivity index (χ0) is 16.4. The van der Waals surface area contributed by atoms with E-state index in [1.165, 1.54) is 0 Å². The van der Waals surface area contributed by atoms with Crippen molar-refractivity contribution in [3.05, 3.63) is 57.9 Å². The van der Waals surface area contributed by atoms with E-state index in [4.69, 9.17) is 0 Å². The summed E-state index contributed by atoms with van der Waals surface area (Å²) in [6.07, 6.45) is -0.743. The van der Waals surface area contributed by atoms with Gasteiger partial charge in [-0.15, -0.1) is 0 Å². The summed E-state index contributed by atoms with van der Waals surface area (Å²) in [5.74, 6) is 0.334. The van der Waals surface area contributed by atoms with E-state index in [2.05, 4.69) is 32.9 Å². The average molecular weight is 421 g/mol. The number of nitrogens with zero attached hydrogens (tertiary/aromatic N) is 2. The maximum absolute atomic E-state index is 12.4. The fourth-order valence-corrected chi connectivity index (χ4v) is 3.03. The number of aliphatic hydroxyl groups excluding tert-OH is 1. The molecule has 0 spiro atoms. The molecule has 0 radical (unpaired) electrons. The zero-order valence-corrected chi connectivity index (χ0v) is 14.7. The SMILES string of the molecule is CC(O)c1nc2ccccc2n1CC(=O)Nc1cccc(I)c1. The lowest BCUT2D eigenvalue weighted by molar-refractivity contribution is -0.116. The monoisotopic (exact) mass is 421 g/mol. The molecule has 2 aromatic carbocycles. The van der Waals surface area contributed by atoms with Crippen LogP contribution in [0.5, 0.6) is 0 Å². The van der Waals surface area contributed by atoms with Crippen molar-refractivity contribution < 1.29 is 9.90 Å². The highest BCUT2D eigenvalue weighted by Crippen LogP contribution is 2.21. The van der Waals surface area contributed by atoms with Crippen molar-refractivity contribution in [2.24, 2.45) is 0 Å². The largest absolute Gasteiger partial charge is 0.385 e. The third kappa shape index (κ3) is 3.53. The van der Waals surface area contributed by atoms with Gasteiger partial charge in [0.1, 0.15) is 18.5 Å². The second-order valence-electron chi connectivity index (χ2n) is 5.28. The predicted octanol–water partition coefficient (Wildman–Crippen LogP) is 3.33. The maximum atomic E-state index is 12.4. The molecule has 1 unspecified atom stereocenters. The molecule has 0 fully saturated rings. The Morgan fingerprint density at radius 1 is 1.30 bits per heavy atom. The van der Waals surface area contributed by atoms with Crippen LogP contribution >= 0.6 is 22.6 Å². The van der Waals surface area contributed by atoms with Gasteiger partial charge in [0.15, 0.2) is 0 Å². The van der Waals surface area contributed by atoms with Crippen molar-refractivity contribution in [3.8, 4) is 0 Å². The molecule has 1 atom stereocenters. The van der Waals surface area contributed by atoms with Crippen LogP contribution in [0.3, 0.4) is 0 Å². The first-order valence-electron chi connectivity index (χ1n) is 7.23. The summed E-state index contributed by atoms with van der Waals surface area (Å²) >= 11 is 2.20. The Morgan fingerprint density at radius 2 is 2.09 bits per heavy atom. The van der Waals surface area contributed by atoms with Gasteiger partial charge in [-0.05, 0) is 59.8 Å². The minimum atomic E-state index is -0.743. The number of halogens is 1. The molecule has 23 heavy (non-hydrogen) atoms. The molecule has 5 nitrogen and oxygen atoms in total. The lowest BCUT2D eigenvalue weighted by Crippen LogP contribution is -2.20. The number of hydrogen-bond donors (Lipinski definition) is 2. The van der Waals surface area contributed by atoms with Crippen LogP contribution in [-0.4, -0.2) is 20.6 Å². The van der Waals surface area contributed by atoms with E-state index >= 15 is 0 Å². The van der Waals surface area contributed by atoms with Crippen molar-refractivity contribution >= 4 is 45.2 Å². The molecule has 1 heterocycles. The summed E-state index contributed by atoms with van der Waals surface area (Å²) < 4.78 is 2.81. The van der Waals surface area contributed by atoms with Crippen molar-refractivity contribution in [1.82, 2.24) is 9.55 Å². The fourth-order valence-electron chi connectivity index (χ4n) is 2.49. The van der Waals surface area contributed by atoms with Crippen molar-refractivity contribution in [3.63, 3.8) is 0 Å². The summed E-state index contributed by atoms with van der Waals surface area (Å²) in [5, 5.41) is 12.8. The van der Waals surface area contributed by atoms with Crippen molar-refractivity contribution in [2.75, 3.05) is 5.32 Å². The van der Waals surface area contributed by atoms with Crippen LogP contribution in [-0.2, 0) is 11.3 Å². The molecule has 0 saturated heterocycles. The Labute approximate surface area is 147 Å². The highest BCUT2D eigenvalue weighted by molar-refractivity contribution is 14.1. The smallest absolute Gasteiger partial charge is 0.244 e. The van der Waals surface area contributed by atoms with Gasteiger partial charge in [-0.2, -0.15) is 0 Å². The van der Waals surface area contributed by atoms with Gasteiger partial charge < -0.3 is 15.0 Å². The van der Waals surface area contributed by atoms with Gasteiger partial charge in [-0.3, -0.25) is 4.79 Å². The minimum absolute atomic E-state index is 0.103. The maximum Gasteiger partial charge on any atom is 0.244 e. The lowest BCUT2D eigenvalue weighted by atomic mass is 10.3. The number of para-hydroxylation sites is 2. The summed E-state index contributed by atoms with van der Waals surface area (Å²) in [6, 6.07) is 15.2. The van der Waals surface area contributed by atoms with E-state index in [1.54, 1.807) is 11.5 Å². The predicted molar refractivity (Wildman–Crippen MR) is 98.2 cm³/mol. The van der Waals surface area contributed by atoms with E-state index in [0.29, 0.717) is 5.82 Å². The van der Waals surface area contributed by atoms with E-state index < -0.39 is 6.10 Å². The second kappa shape index (κ2) is 6.67. The minimum Gasteiger partial charge on any atom is -0.385 e. The molecule has 2 N–H and O–H groups in total. The summed E-state index contributed by atoms with van der Waals surface area (Å²) in [4.78, 5) is 16.8. The number of carbonyl (C=O) groups is 1. The van der Waals surface area contributed by atoms with Crippen LogP contribution < -0.4 is 5.32 Å². The molecule has 0 aliphatic rings. The molecule has 6 heteroatoms. The summed E-state index contributed by atoms with van der Waals surface area (Å²) in [5.41, 5.74) is 2.36. The number of amides is 1. The first kappa shape index (κ1) is 15.9. The van der Waals surface area contributed by atoms with E-state index in [-0.39, 0.29) is 12.5 Å². The molecular formula is C17H16IN3O2. The topological polar surface area (TPSA) is 67.2 Å². The third-order valence-electron chi connectivity index (χ3n) is 3.47. The van der Waals surface area contributed by atoms with E-state index in [1.807, 2.05) is 48.5 Å². The summed E-state index contributed by atoms with van der Waals surface area (Å²) in [6.45, 7) is 1.75. The number of nitrogens with one attached hydrogen (secondary N) is 1. The molecule has 3 aromatic rings.